The fraction of sp³-hybridized carbons (Fsp3) is 0.462. The number of amides is 2. The second kappa shape index (κ2) is 11.7. The van der Waals surface area contributed by atoms with Crippen LogP contribution in [0.4, 0.5) is 11.4 Å². The lowest BCUT2D eigenvalue weighted by atomic mass is 9.94. The molecule has 1 fully saturated rings. The summed E-state index contributed by atoms with van der Waals surface area (Å²) in [4.78, 5) is 27.0. The van der Waals surface area contributed by atoms with Crippen molar-refractivity contribution >= 4 is 23.2 Å². The van der Waals surface area contributed by atoms with Crippen LogP contribution in [-0.2, 0) is 16.1 Å². The van der Waals surface area contributed by atoms with E-state index in [1.165, 1.54) is 37.7 Å². The number of hydrogen-bond donors (Lipinski definition) is 3. The molecule has 0 aliphatic heterocycles. The van der Waals surface area contributed by atoms with E-state index in [-0.39, 0.29) is 24.9 Å². The molecular formula is C26H36N4O2. The van der Waals surface area contributed by atoms with Crippen molar-refractivity contribution in [1.82, 2.24) is 10.2 Å². The summed E-state index contributed by atoms with van der Waals surface area (Å²) in [6.45, 7) is 4.90. The van der Waals surface area contributed by atoms with Crippen molar-refractivity contribution in [3.63, 3.8) is 0 Å². The van der Waals surface area contributed by atoms with Gasteiger partial charge < -0.3 is 16.0 Å². The Morgan fingerprint density at radius 2 is 1.62 bits per heavy atom. The Labute approximate surface area is 191 Å². The second-order valence-corrected chi connectivity index (χ2v) is 8.79. The van der Waals surface area contributed by atoms with Crippen molar-refractivity contribution in [3.8, 4) is 0 Å². The zero-order valence-electron chi connectivity index (χ0n) is 19.5. The molecule has 1 aliphatic rings. The average molecular weight is 437 g/mol. The van der Waals surface area contributed by atoms with Crippen LogP contribution >= 0.6 is 0 Å². The molecule has 2 aromatic rings. The maximum absolute atomic E-state index is 12.3. The highest BCUT2D eigenvalue weighted by Crippen LogP contribution is 2.24. The molecule has 0 radical (unpaired) electrons. The van der Waals surface area contributed by atoms with Crippen LogP contribution in [0.3, 0.4) is 0 Å². The molecule has 1 aliphatic carbocycles. The zero-order valence-corrected chi connectivity index (χ0v) is 19.5. The molecule has 2 aromatic carbocycles. The Kier molecular flexibility index (Phi) is 8.68. The molecule has 1 saturated carbocycles. The van der Waals surface area contributed by atoms with Gasteiger partial charge in [-0.1, -0.05) is 49.6 Å². The van der Waals surface area contributed by atoms with Gasteiger partial charge in [0.25, 0.3) is 0 Å². The minimum absolute atomic E-state index is 0.0556. The number of nitrogens with one attached hydrogen (secondary N) is 3. The molecule has 0 bridgehead atoms. The highest BCUT2D eigenvalue weighted by molar-refractivity contribution is 5.95. The van der Waals surface area contributed by atoms with Crippen LogP contribution in [0.15, 0.2) is 42.5 Å². The summed E-state index contributed by atoms with van der Waals surface area (Å²) in [5.41, 5.74) is 5.07. The first-order valence-corrected chi connectivity index (χ1v) is 11.6. The smallest absolute Gasteiger partial charge is 0.243 e. The minimum atomic E-state index is -0.235. The first-order valence-electron chi connectivity index (χ1n) is 11.6. The topological polar surface area (TPSA) is 73.5 Å². The fourth-order valence-corrected chi connectivity index (χ4v) is 4.25. The van der Waals surface area contributed by atoms with Crippen molar-refractivity contribution < 1.29 is 9.59 Å². The van der Waals surface area contributed by atoms with E-state index in [0.717, 1.165) is 29.0 Å². The van der Waals surface area contributed by atoms with Gasteiger partial charge in [0.05, 0.1) is 13.1 Å². The van der Waals surface area contributed by atoms with Crippen molar-refractivity contribution in [1.29, 1.82) is 0 Å². The highest BCUT2D eigenvalue weighted by Gasteiger charge is 2.19. The Bertz CT molecular complexity index is 922. The molecule has 0 spiro atoms. The van der Waals surface area contributed by atoms with Gasteiger partial charge in [0.2, 0.25) is 11.8 Å². The minimum Gasteiger partial charge on any atom is -0.376 e. The van der Waals surface area contributed by atoms with E-state index in [1.54, 1.807) is 0 Å². The lowest BCUT2D eigenvalue weighted by molar-refractivity contribution is -0.122. The van der Waals surface area contributed by atoms with Crippen molar-refractivity contribution in [2.75, 3.05) is 30.8 Å². The van der Waals surface area contributed by atoms with E-state index in [9.17, 15) is 9.59 Å². The number of anilines is 2. The van der Waals surface area contributed by atoms with Crippen LogP contribution in [0.1, 0.15) is 48.8 Å². The fourth-order valence-electron chi connectivity index (χ4n) is 4.25. The summed E-state index contributed by atoms with van der Waals surface area (Å²) in [7, 11) is 2.19. The van der Waals surface area contributed by atoms with E-state index >= 15 is 0 Å². The normalized spacial score (nSPS) is 14.2. The van der Waals surface area contributed by atoms with Gasteiger partial charge in [-0.05, 0) is 62.6 Å². The van der Waals surface area contributed by atoms with Crippen LogP contribution in [0.25, 0.3) is 0 Å². The molecule has 0 atom stereocenters. The molecule has 2 amide bonds. The molecule has 0 saturated heterocycles. The first-order chi connectivity index (χ1) is 15.4. The highest BCUT2D eigenvalue weighted by atomic mass is 16.2. The van der Waals surface area contributed by atoms with Crippen LogP contribution in [0.2, 0.25) is 0 Å². The quantitative estimate of drug-likeness (QED) is 0.550. The molecule has 172 valence electrons. The predicted molar refractivity (Wildman–Crippen MR) is 131 cm³/mol. The number of hydrogen-bond acceptors (Lipinski definition) is 4. The second-order valence-electron chi connectivity index (χ2n) is 8.79. The van der Waals surface area contributed by atoms with Crippen molar-refractivity contribution in [2.45, 2.75) is 58.5 Å². The number of carbonyl (C=O) groups excluding carboxylic acids is 2. The number of carbonyl (C=O) groups is 2. The third-order valence-electron chi connectivity index (χ3n) is 6.40. The molecule has 32 heavy (non-hydrogen) atoms. The molecule has 0 aromatic heterocycles. The van der Waals surface area contributed by atoms with Gasteiger partial charge in [0.1, 0.15) is 0 Å². The maximum atomic E-state index is 12.3. The number of para-hydroxylation sites is 1. The Morgan fingerprint density at radius 3 is 2.41 bits per heavy atom. The molecule has 0 unspecified atom stereocenters. The first kappa shape index (κ1) is 23.8. The Morgan fingerprint density at radius 1 is 0.906 bits per heavy atom. The summed E-state index contributed by atoms with van der Waals surface area (Å²) < 4.78 is 0. The van der Waals surface area contributed by atoms with Gasteiger partial charge >= 0.3 is 0 Å². The SMILES string of the molecule is Cc1cccc(NC(=O)CNC(=O)CNc2ccccc2CN(C)C2CCCCC2)c1C. The largest absolute Gasteiger partial charge is 0.376 e. The van der Waals surface area contributed by atoms with Gasteiger partial charge in [0, 0.05) is 24.0 Å². The van der Waals surface area contributed by atoms with E-state index in [0.29, 0.717) is 6.04 Å². The van der Waals surface area contributed by atoms with Crippen molar-refractivity contribution in [2.24, 2.45) is 0 Å². The maximum Gasteiger partial charge on any atom is 0.243 e. The zero-order chi connectivity index (χ0) is 22.9. The van der Waals surface area contributed by atoms with Crippen molar-refractivity contribution in [3.05, 3.63) is 59.2 Å². The number of aryl methyl sites for hydroxylation is 1. The van der Waals surface area contributed by atoms with E-state index < -0.39 is 0 Å². The van der Waals surface area contributed by atoms with Crippen LogP contribution in [-0.4, -0.2) is 42.9 Å². The summed E-state index contributed by atoms with van der Waals surface area (Å²) in [5.74, 6) is -0.446. The van der Waals surface area contributed by atoms with E-state index in [2.05, 4.69) is 34.0 Å². The molecule has 6 nitrogen and oxygen atoms in total. The van der Waals surface area contributed by atoms with Gasteiger partial charge in [-0.25, -0.2) is 0 Å². The standard InChI is InChI=1S/C26H36N4O2/c1-19-10-9-15-23(20(19)2)29-26(32)17-28-25(31)16-27-24-14-8-7-11-21(24)18-30(3)22-12-5-4-6-13-22/h7-11,14-15,22,27H,4-6,12-13,16-18H2,1-3H3,(H,28,31)(H,29,32). The summed E-state index contributed by atoms with van der Waals surface area (Å²) in [6.07, 6.45) is 6.50. The Balaban J connectivity index is 1.46. The van der Waals surface area contributed by atoms with Gasteiger partial charge in [0.15, 0.2) is 0 Å². The lowest BCUT2D eigenvalue weighted by Gasteiger charge is -2.31. The third-order valence-corrected chi connectivity index (χ3v) is 6.40. The van der Waals surface area contributed by atoms with Crippen LogP contribution in [0.5, 0.6) is 0 Å². The van der Waals surface area contributed by atoms with Crippen LogP contribution in [0, 0.1) is 13.8 Å². The van der Waals surface area contributed by atoms with Gasteiger partial charge in [-0.2, -0.15) is 0 Å². The number of nitrogens with zero attached hydrogens (tertiary/aromatic N) is 1. The molecule has 0 heterocycles. The monoisotopic (exact) mass is 436 g/mol. The average Bonchev–Trinajstić information content (AvgIpc) is 2.80. The number of benzene rings is 2. The summed E-state index contributed by atoms with van der Waals surface area (Å²) in [6, 6.07) is 14.5. The van der Waals surface area contributed by atoms with Gasteiger partial charge in [-0.3, -0.25) is 14.5 Å². The predicted octanol–water partition coefficient (Wildman–Crippen LogP) is 4.23. The number of rotatable bonds is 9. The van der Waals surface area contributed by atoms with E-state index in [4.69, 9.17) is 0 Å². The van der Waals surface area contributed by atoms with E-state index in [1.807, 2.05) is 50.2 Å². The third kappa shape index (κ3) is 6.82. The molecular weight excluding hydrogens is 400 g/mol. The van der Waals surface area contributed by atoms with Crippen LogP contribution < -0.4 is 16.0 Å². The molecule has 6 heteroatoms. The molecule has 3 rings (SSSR count). The summed E-state index contributed by atoms with van der Waals surface area (Å²) in [5, 5.41) is 8.80. The summed E-state index contributed by atoms with van der Waals surface area (Å²) >= 11 is 0. The Hall–Kier alpha value is -2.86. The van der Waals surface area contributed by atoms with Gasteiger partial charge in [-0.15, -0.1) is 0 Å². The molecule has 3 N–H and O–H groups in total. The lowest BCUT2D eigenvalue weighted by Crippen LogP contribution is -2.36.